The predicted molar refractivity (Wildman–Crippen MR) is 79.6 cm³/mol. The molecule has 0 unspecified atom stereocenters. The van der Waals surface area contributed by atoms with Crippen LogP contribution in [0.3, 0.4) is 0 Å². The minimum absolute atomic E-state index is 0.532. The second kappa shape index (κ2) is 6.26. The quantitative estimate of drug-likeness (QED) is 0.709. The van der Waals surface area contributed by atoms with E-state index in [2.05, 4.69) is 47.1 Å². The molecule has 2 rings (SSSR count). The number of alkyl halides is 1. The summed E-state index contributed by atoms with van der Waals surface area (Å²) in [5.74, 6) is 0.761. The molecule has 0 spiro atoms. The molecular formula is C15H14BrClO. The van der Waals surface area contributed by atoms with Crippen molar-refractivity contribution in [2.45, 2.75) is 18.9 Å². The minimum Gasteiger partial charge on any atom is -0.487 e. The fraction of sp³-hybridized carbons (Fsp3) is 0.200. The van der Waals surface area contributed by atoms with E-state index in [1.165, 1.54) is 5.56 Å². The first-order valence-electron chi connectivity index (χ1n) is 5.72. The van der Waals surface area contributed by atoms with E-state index in [1.54, 1.807) is 0 Å². The van der Waals surface area contributed by atoms with Gasteiger partial charge in [0.2, 0.25) is 0 Å². The number of hydrogen-bond donors (Lipinski definition) is 0. The van der Waals surface area contributed by atoms with Crippen LogP contribution in [0.25, 0.3) is 0 Å². The lowest BCUT2D eigenvalue weighted by Gasteiger charge is -2.12. The zero-order valence-corrected chi connectivity index (χ0v) is 12.5. The Labute approximate surface area is 121 Å². The van der Waals surface area contributed by atoms with E-state index < -0.39 is 0 Å². The SMILES string of the molecule is Cc1ccc(COc2c(Cl)cccc2CBr)cc1. The van der Waals surface area contributed by atoms with E-state index in [0.29, 0.717) is 11.6 Å². The monoisotopic (exact) mass is 324 g/mol. The number of ether oxygens (including phenoxy) is 1. The highest BCUT2D eigenvalue weighted by atomic mass is 79.9. The van der Waals surface area contributed by atoms with Crippen LogP contribution in [0.2, 0.25) is 5.02 Å². The van der Waals surface area contributed by atoms with Crippen molar-refractivity contribution in [2.75, 3.05) is 0 Å². The molecule has 0 aliphatic rings. The van der Waals surface area contributed by atoms with Crippen LogP contribution >= 0.6 is 27.5 Å². The lowest BCUT2D eigenvalue weighted by atomic mass is 10.1. The van der Waals surface area contributed by atoms with Crippen LogP contribution in [0, 0.1) is 6.92 Å². The lowest BCUT2D eigenvalue weighted by Crippen LogP contribution is -1.98. The van der Waals surface area contributed by atoms with Gasteiger partial charge in [0.1, 0.15) is 12.4 Å². The van der Waals surface area contributed by atoms with Crippen LogP contribution in [0.5, 0.6) is 5.75 Å². The maximum Gasteiger partial charge on any atom is 0.142 e. The van der Waals surface area contributed by atoms with Crippen LogP contribution in [0.1, 0.15) is 16.7 Å². The van der Waals surface area contributed by atoms with Gasteiger partial charge in [-0.1, -0.05) is 69.5 Å². The fourth-order valence-electron chi connectivity index (χ4n) is 1.66. The summed E-state index contributed by atoms with van der Waals surface area (Å²) in [5.41, 5.74) is 3.45. The Bertz CT molecular complexity index is 523. The van der Waals surface area contributed by atoms with Gasteiger partial charge in [0, 0.05) is 10.9 Å². The van der Waals surface area contributed by atoms with Crippen molar-refractivity contribution in [1.82, 2.24) is 0 Å². The molecule has 0 aliphatic carbocycles. The third-order valence-electron chi connectivity index (χ3n) is 2.70. The van der Waals surface area contributed by atoms with Crippen LogP contribution in [0.4, 0.5) is 0 Å². The minimum atomic E-state index is 0.532. The highest BCUT2D eigenvalue weighted by Gasteiger charge is 2.07. The van der Waals surface area contributed by atoms with E-state index in [9.17, 15) is 0 Å². The molecule has 0 N–H and O–H groups in total. The first kappa shape index (κ1) is 13.4. The molecule has 2 aromatic rings. The van der Waals surface area contributed by atoms with E-state index in [4.69, 9.17) is 16.3 Å². The van der Waals surface area contributed by atoms with E-state index in [0.717, 1.165) is 22.2 Å². The fourth-order valence-corrected chi connectivity index (χ4v) is 2.35. The van der Waals surface area contributed by atoms with Gasteiger partial charge in [-0.25, -0.2) is 0 Å². The molecule has 3 heteroatoms. The second-order valence-corrected chi connectivity index (χ2v) is 5.10. The average molecular weight is 326 g/mol. The van der Waals surface area contributed by atoms with Crippen molar-refractivity contribution in [3.63, 3.8) is 0 Å². The molecule has 0 aromatic heterocycles. The van der Waals surface area contributed by atoms with Crippen LogP contribution in [-0.2, 0) is 11.9 Å². The van der Waals surface area contributed by atoms with Gasteiger partial charge in [-0.2, -0.15) is 0 Å². The maximum atomic E-state index is 6.15. The second-order valence-electron chi connectivity index (χ2n) is 4.14. The molecule has 0 fully saturated rings. The van der Waals surface area contributed by atoms with Gasteiger partial charge < -0.3 is 4.74 Å². The van der Waals surface area contributed by atoms with Gasteiger partial charge in [0.05, 0.1) is 5.02 Å². The van der Waals surface area contributed by atoms with Crippen molar-refractivity contribution < 1.29 is 4.74 Å². The average Bonchev–Trinajstić information content (AvgIpc) is 2.39. The molecule has 0 saturated heterocycles. The summed E-state index contributed by atoms with van der Waals surface area (Å²) in [5, 5.41) is 1.38. The van der Waals surface area contributed by atoms with Crippen molar-refractivity contribution in [3.8, 4) is 5.75 Å². The summed E-state index contributed by atoms with van der Waals surface area (Å²) in [6.45, 7) is 2.60. The van der Waals surface area contributed by atoms with Gasteiger partial charge in [-0.3, -0.25) is 0 Å². The Balaban J connectivity index is 2.12. The molecule has 94 valence electrons. The summed E-state index contributed by atoms with van der Waals surface area (Å²) in [6, 6.07) is 14.1. The summed E-state index contributed by atoms with van der Waals surface area (Å²) in [7, 11) is 0. The summed E-state index contributed by atoms with van der Waals surface area (Å²) in [6.07, 6.45) is 0. The van der Waals surface area contributed by atoms with E-state index >= 15 is 0 Å². The molecule has 1 nitrogen and oxygen atoms in total. The number of hydrogen-bond acceptors (Lipinski definition) is 1. The van der Waals surface area contributed by atoms with Crippen molar-refractivity contribution in [2.24, 2.45) is 0 Å². The molecule has 0 amide bonds. The topological polar surface area (TPSA) is 9.23 Å². The zero-order chi connectivity index (χ0) is 13.0. The van der Waals surface area contributed by atoms with Crippen molar-refractivity contribution >= 4 is 27.5 Å². The number of benzene rings is 2. The molecule has 2 aromatic carbocycles. The zero-order valence-electron chi connectivity index (χ0n) is 10.1. The van der Waals surface area contributed by atoms with E-state index in [1.807, 2.05) is 18.2 Å². The van der Waals surface area contributed by atoms with Crippen molar-refractivity contribution in [3.05, 3.63) is 64.2 Å². The predicted octanol–water partition coefficient (Wildman–Crippen LogP) is 5.12. The lowest BCUT2D eigenvalue weighted by molar-refractivity contribution is 0.304. The Hall–Kier alpha value is -0.990. The molecule has 0 bridgehead atoms. The summed E-state index contributed by atoms with van der Waals surface area (Å²) < 4.78 is 5.82. The Kier molecular flexibility index (Phi) is 4.67. The third-order valence-corrected chi connectivity index (χ3v) is 3.60. The third kappa shape index (κ3) is 3.27. The van der Waals surface area contributed by atoms with Crippen LogP contribution in [-0.4, -0.2) is 0 Å². The summed E-state index contributed by atoms with van der Waals surface area (Å²) in [4.78, 5) is 0. The maximum absolute atomic E-state index is 6.15. The number of aryl methyl sites for hydroxylation is 1. The Morgan fingerprint density at radius 3 is 2.50 bits per heavy atom. The van der Waals surface area contributed by atoms with Gasteiger partial charge in [0.15, 0.2) is 0 Å². The molecular weight excluding hydrogens is 312 g/mol. The highest BCUT2D eigenvalue weighted by molar-refractivity contribution is 9.08. The van der Waals surface area contributed by atoms with Crippen molar-refractivity contribution in [1.29, 1.82) is 0 Å². The normalized spacial score (nSPS) is 10.4. The van der Waals surface area contributed by atoms with Gasteiger partial charge >= 0.3 is 0 Å². The number of halogens is 2. The standard InChI is InChI=1S/C15H14BrClO/c1-11-5-7-12(8-6-11)10-18-15-13(9-16)3-2-4-14(15)17/h2-8H,9-10H2,1H3. The largest absolute Gasteiger partial charge is 0.487 e. The molecule has 0 aliphatic heterocycles. The van der Waals surface area contributed by atoms with Crippen LogP contribution in [0.15, 0.2) is 42.5 Å². The van der Waals surface area contributed by atoms with Gasteiger partial charge in [-0.15, -0.1) is 0 Å². The Morgan fingerprint density at radius 1 is 1.11 bits per heavy atom. The van der Waals surface area contributed by atoms with E-state index in [-0.39, 0.29) is 0 Å². The van der Waals surface area contributed by atoms with Gasteiger partial charge in [-0.05, 0) is 18.6 Å². The van der Waals surface area contributed by atoms with Crippen LogP contribution < -0.4 is 4.74 Å². The Morgan fingerprint density at radius 2 is 1.83 bits per heavy atom. The number of rotatable bonds is 4. The molecule has 0 saturated carbocycles. The molecule has 0 heterocycles. The first-order valence-corrected chi connectivity index (χ1v) is 7.22. The molecule has 0 atom stereocenters. The molecule has 0 radical (unpaired) electrons. The smallest absolute Gasteiger partial charge is 0.142 e. The number of para-hydroxylation sites is 1. The summed E-state index contributed by atoms with van der Waals surface area (Å²) >= 11 is 9.59. The molecule has 18 heavy (non-hydrogen) atoms. The van der Waals surface area contributed by atoms with Gasteiger partial charge in [0.25, 0.3) is 0 Å². The highest BCUT2D eigenvalue weighted by Crippen LogP contribution is 2.30. The first-order chi connectivity index (χ1) is 8.70.